The molecule has 0 amide bonds. The number of carbonyl (C=O) groups is 1. The second-order valence-electron chi connectivity index (χ2n) is 7.44. The van der Waals surface area contributed by atoms with Crippen molar-refractivity contribution < 1.29 is 49.6 Å². The predicted octanol–water partition coefficient (Wildman–Crippen LogP) is 5.71. The fourth-order valence-electron chi connectivity index (χ4n) is 2.49. The highest BCUT2D eigenvalue weighted by Crippen LogP contribution is 2.32. The number of esters is 1. The van der Waals surface area contributed by atoms with Gasteiger partial charge in [-0.1, -0.05) is 12.1 Å². The van der Waals surface area contributed by atoms with E-state index in [-0.39, 0.29) is 9.79 Å². The molecule has 0 aliphatic rings. The third-order valence-electron chi connectivity index (χ3n) is 3.51. The van der Waals surface area contributed by atoms with Crippen molar-refractivity contribution in [3.63, 3.8) is 0 Å². The van der Waals surface area contributed by atoms with Crippen molar-refractivity contribution in [1.29, 1.82) is 0 Å². The van der Waals surface area contributed by atoms with E-state index in [1.165, 1.54) is 0 Å². The van der Waals surface area contributed by atoms with Crippen LogP contribution in [0.25, 0.3) is 0 Å². The van der Waals surface area contributed by atoms with Crippen molar-refractivity contribution in [2.45, 2.75) is 48.9 Å². The molecule has 0 bridgehead atoms. The van der Waals surface area contributed by atoms with E-state index in [0.29, 0.717) is 0 Å². The van der Waals surface area contributed by atoms with Gasteiger partial charge in [-0.2, -0.15) is 0 Å². The lowest BCUT2D eigenvalue weighted by molar-refractivity contribution is -0.275. The van der Waals surface area contributed by atoms with Gasteiger partial charge in [0, 0.05) is 0 Å². The van der Waals surface area contributed by atoms with Crippen LogP contribution in [0.2, 0.25) is 0 Å². The summed E-state index contributed by atoms with van der Waals surface area (Å²) in [5.41, 5.74) is -0.908. The Kier molecular flexibility index (Phi) is 7.56. The van der Waals surface area contributed by atoms with E-state index in [9.17, 15) is 35.3 Å². The number of ether oxygens (including phenoxy) is 3. The van der Waals surface area contributed by atoms with Crippen LogP contribution in [0.5, 0.6) is 11.5 Å². The van der Waals surface area contributed by atoms with Gasteiger partial charge in [0.25, 0.3) is 0 Å². The normalized spacial score (nSPS) is 12.8. The van der Waals surface area contributed by atoms with Gasteiger partial charge in [-0.3, -0.25) is 4.79 Å². The van der Waals surface area contributed by atoms with E-state index in [1.807, 2.05) is 0 Å². The molecule has 0 atom stereocenters. The summed E-state index contributed by atoms with van der Waals surface area (Å²) in [5, 5.41) is 0. The van der Waals surface area contributed by atoms with Crippen LogP contribution in [-0.2, 0) is 19.3 Å². The highest BCUT2D eigenvalue weighted by molar-refractivity contribution is 7.93. The van der Waals surface area contributed by atoms with Gasteiger partial charge in [0.1, 0.15) is 33.4 Å². The minimum Gasteiger partial charge on any atom is -0.459 e. The monoisotopic (exact) mass is 499 g/mol. The lowest BCUT2D eigenvalue weighted by Gasteiger charge is -2.19. The Labute approximate surface area is 185 Å². The number of nitrogens with zero attached hydrogens (tertiary/aromatic N) is 1. The van der Waals surface area contributed by atoms with E-state index >= 15 is 0 Å². The number of benzene rings is 2. The molecule has 0 N–H and O–H groups in total. The molecule has 0 aromatic heterocycles. The molecule has 0 saturated heterocycles. The molecule has 2 aromatic rings. The maximum Gasteiger partial charge on any atom is 0.573 e. The van der Waals surface area contributed by atoms with Gasteiger partial charge in [-0.25, -0.2) is 8.57 Å². The van der Waals surface area contributed by atoms with Crippen LogP contribution >= 0.6 is 0 Å². The van der Waals surface area contributed by atoms with E-state index in [2.05, 4.69) is 13.8 Å². The topological polar surface area (TPSA) is 74.2 Å². The van der Waals surface area contributed by atoms with E-state index in [4.69, 9.17) is 4.74 Å². The van der Waals surface area contributed by atoms with Crippen molar-refractivity contribution in [2.75, 3.05) is 6.54 Å². The zero-order valence-electron chi connectivity index (χ0n) is 17.5. The fourth-order valence-corrected chi connectivity index (χ4v) is 4.42. The quantitative estimate of drug-likeness (QED) is 0.376. The Balaban J connectivity index is 2.60. The molecule has 0 spiro atoms. The van der Waals surface area contributed by atoms with E-state index < -0.39 is 52.1 Å². The highest BCUT2D eigenvalue weighted by atomic mass is 32.2. The largest absolute Gasteiger partial charge is 0.573 e. The molecule has 0 aliphatic heterocycles. The van der Waals surface area contributed by atoms with E-state index in [1.54, 1.807) is 20.8 Å². The number of alkyl halides is 6. The van der Waals surface area contributed by atoms with Gasteiger partial charge in [0.2, 0.25) is 0 Å². The molecule has 13 heteroatoms. The maximum atomic E-state index is 13.8. The van der Waals surface area contributed by atoms with Crippen LogP contribution in [0.4, 0.5) is 26.3 Å². The first-order valence-corrected chi connectivity index (χ1v) is 10.6. The molecule has 0 heterocycles. The van der Waals surface area contributed by atoms with Gasteiger partial charge in [0.15, 0.2) is 0 Å². The van der Waals surface area contributed by atoms with E-state index in [0.717, 1.165) is 48.5 Å². The van der Waals surface area contributed by atoms with Crippen LogP contribution in [0.3, 0.4) is 0 Å². The standard InChI is InChI=1S/C20H19F6NO5S/c1-18(2,3)32-17(28)12-27-33(29,15-8-4-6-13(10-15)30-19(21,22)23)16-9-5-7-14(11-16)31-20(24,25)26/h4-11H,12H2,1-3H3. The third-order valence-corrected chi connectivity index (χ3v) is 5.79. The minimum atomic E-state index is -5.05. The number of hydrogen-bond donors (Lipinski definition) is 0. The van der Waals surface area contributed by atoms with Crippen LogP contribution in [-0.4, -0.2) is 35.0 Å². The first kappa shape index (κ1) is 26.3. The Morgan fingerprint density at radius 1 is 0.848 bits per heavy atom. The molecule has 2 rings (SSSR count). The summed E-state index contributed by atoms with van der Waals surface area (Å²) in [5.74, 6) is -2.37. The third kappa shape index (κ3) is 8.48. The molecule has 182 valence electrons. The second-order valence-corrected chi connectivity index (χ2v) is 9.70. The van der Waals surface area contributed by atoms with Crippen molar-refractivity contribution >= 4 is 15.7 Å². The van der Waals surface area contributed by atoms with Crippen molar-refractivity contribution in [1.82, 2.24) is 0 Å². The molecule has 0 aliphatic carbocycles. The summed E-state index contributed by atoms with van der Waals surface area (Å²) in [6, 6.07) is 7.88. The second kappa shape index (κ2) is 9.49. The van der Waals surface area contributed by atoms with Gasteiger partial charge in [0.05, 0.1) is 9.79 Å². The molecular formula is C20H19F6NO5S. The molecule has 2 aromatic carbocycles. The molecule has 0 saturated carbocycles. The average Bonchev–Trinajstić information content (AvgIpc) is 2.62. The molecule has 6 nitrogen and oxygen atoms in total. The molecule has 0 unspecified atom stereocenters. The summed E-state index contributed by atoms with van der Waals surface area (Å²) in [7, 11) is -3.92. The number of rotatable bonds is 6. The summed E-state index contributed by atoms with van der Waals surface area (Å²) in [6.07, 6.45) is -10.1. The first-order chi connectivity index (χ1) is 15.0. The molecule has 33 heavy (non-hydrogen) atoms. The zero-order valence-corrected chi connectivity index (χ0v) is 18.3. The van der Waals surface area contributed by atoms with Crippen molar-refractivity contribution in [3.8, 4) is 11.5 Å². The highest BCUT2D eigenvalue weighted by Gasteiger charge is 2.33. The summed E-state index contributed by atoms with van der Waals surface area (Å²) < 4.78 is 106. The van der Waals surface area contributed by atoms with Gasteiger partial charge >= 0.3 is 18.7 Å². The molecule has 0 fully saturated rings. The van der Waals surface area contributed by atoms with Crippen LogP contribution in [0.1, 0.15) is 20.8 Å². The number of carbonyl (C=O) groups excluding carboxylic acids is 1. The number of hydrogen-bond acceptors (Lipinski definition) is 6. The van der Waals surface area contributed by atoms with Crippen molar-refractivity contribution in [3.05, 3.63) is 48.5 Å². The average molecular weight is 499 g/mol. The van der Waals surface area contributed by atoms with Gasteiger partial charge < -0.3 is 14.2 Å². The zero-order chi connectivity index (χ0) is 25.1. The Morgan fingerprint density at radius 2 is 1.27 bits per heavy atom. The summed E-state index contributed by atoms with van der Waals surface area (Å²) in [6.45, 7) is 3.92. The Hall–Kier alpha value is -2.96. The summed E-state index contributed by atoms with van der Waals surface area (Å²) in [4.78, 5) is 11.4. The lowest BCUT2D eigenvalue weighted by atomic mass is 10.2. The number of halogens is 6. The van der Waals surface area contributed by atoms with Gasteiger partial charge in [-0.15, -0.1) is 26.3 Å². The maximum absolute atomic E-state index is 13.8. The fraction of sp³-hybridized carbons (Fsp3) is 0.350. The minimum absolute atomic E-state index is 0.336. The predicted molar refractivity (Wildman–Crippen MR) is 104 cm³/mol. The smallest absolute Gasteiger partial charge is 0.459 e. The molecule has 0 radical (unpaired) electrons. The Bertz CT molecular complexity index is 1050. The Morgan fingerprint density at radius 3 is 1.64 bits per heavy atom. The van der Waals surface area contributed by atoms with Crippen LogP contribution in [0, 0.1) is 0 Å². The summed E-state index contributed by atoms with van der Waals surface area (Å²) >= 11 is 0. The van der Waals surface area contributed by atoms with Crippen molar-refractivity contribution in [2.24, 2.45) is 4.36 Å². The molecular weight excluding hydrogens is 480 g/mol. The lowest BCUT2D eigenvalue weighted by Crippen LogP contribution is -2.25. The van der Waals surface area contributed by atoms with Gasteiger partial charge in [-0.05, 0) is 57.2 Å². The first-order valence-electron chi connectivity index (χ1n) is 9.13. The van der Waals surface area contributed by atoms with Crippen LogP contribution in [0.15, 0.2) is 62.7 Å². The van der Waals surface area contributed by atoms with Crippen LogP contribution < -0.4 is 9.47 Å². The SMILES string of the molecule is CC(C)(C)OC(=O)CN=S(=O)(c1cccc(OC(F)(F)F)c1)c1cccc(OC(F)(F)F)c1.